The number of hydrogen-bond acceptors (Lipinski definition) is 6. The van der Waals surface area contributed by atoms with E-state index in [0.29, 0.717) is 12.5 Å². The van der Waals surface area contributed by atoms with E-state index in [2.05, 4.69) is 47.1 Å². The van der Waals surface area contributed by atoms with Gasteiger partial charge in [-0.3, -0.25) is 4.99 Å². The minimum atomic E-state index is -0.0551. The van der Waals surface area contributed by atoms with Gasteiger partial charge in [-0.1, -0.05) is 30.3 Å². The largest absolute Gasteiger partial charge is 0.355 e. The summed E-state index contributed by atoms with van der Waals surface area (Å²) in [5.74, 6) is 2.56. The highest BCUT2D eigenvalue weighted by Gasteiger charge is 2.31. The standard InChI is InChI=1S/C23H30N6/c1-23(24)9-12-28(13-10-23)20-15-25-21-19(27-20)14-26-22(21)29-11-5-8-18(16-29)17-6-3-2-4-7-17/h2-4,6-7,15,18H,5,8-14,16,24H2,1H3. The molecule has 29 heavy (non-hydrogen) atoms. The van der Waals surface area contributed by atoms with E-state index in [0.717, 1.165) is 62.1 Å². The Balaban J connectivity index is 1.31. The summed E-state index contributed by atoms with van der Waals surface area (Å²) in [5.41, 5.74) is 9.64. The smallest absolute Gasteiger partial charge is 0.152 e. The molecule has 0 radical (unpaired) electrons. The number of anilines is 1. The number of amidine groups is 1. The van der Waals surface area contributed by atoms with Crippen molar-refractivity contribution in [1.29, 1.82) is 0 Å². The van der Waals surface area contributed by atoms with E-state index in [1.54, 1.807) is 0 Å². The molecule has 152 valence electrons. The van der Waals surface area contributed by atoms with Gasteiger partial charge in [0.2, 0.25) is 0 Å². The van der Waals surface area contributed by atoms with Gasteiger partial charge in [-0.2, -0.15) is 0 Å². The fourth-order valence-electron chi connectivity index (χ4n) is 4.75. The zero-order chi connectivity index (χ0) is 19.8. The summed E-state index contributed by atoms with van der Waals surface area (Å²) >= 11 is 0. The van der Waals surface area contributed by atoms with E-state index in [9.17, 15) is 0 Å². The van der Waals surface area contributed by atoms with Crippen molar-refractivity contribution < 1.29 is 0 Å². The number of fused-ring (bicyclic) bond motifs is 1. The maximum atomic E-state index is 6.28. The molecule has 0 bridgehead atoms. The van der Waals surface area contributed by atoms with Crippen LogP contribution in [0.2, 0.25) is 0 Å². The maximum Gasteiger partial charge on any atom is 0.152 e. The van der Waals surface area contributed by atoms with E-state index in [1.807, 2.05) is 6.20 Å². The summed E-state index contributed by atoms with van der Waals surface area (Å²) in [6, 6.07) is 10.9. The lowest BCUT2D eigenvalue weighted by molar-refractivity contribution is 0.309. The van der Waals surface area contributed by atoms with Crippen LogP contribution in [-0.2, 0) is 6.54 Å². The first-order chi connectivity index (χ1) is 14.1. The van der Waals surface area contributed by atoms with E-state index in [4.69, 9.17) is 20.7 Å². The summed E-state index contributed by atoms with van der Waals surface area (Å²) in [6.45, 7) is 6.72. The molecule has 0 spiro atoms. The van der Waals surface area contributed by atoms with Crippen molar-refractivity contribution in [3.05, 3.63) is 53.5 Å². The Morgan fingerprint density at radius 2 is 1.86 bits per heavy atom. The van der Waals surface area contributed by atoms with E-state index >= 15 is 0 Å². The first kappa shape index (κ1) is 18.6. The summed E-state index contributed by atoms with van der Waals surface area (Å²) in [5, 5.41) is 0. The number of nitrogens with zero attached hydrogens (tertiary/aromatic N) is 5. The van der Waals surface area contributed by atoms with Crippen molar-refractivity contribution in [2.75, 3.05) is 31.1 Å². The Labute approximate surface area is 172 Å². The van der Waals surface area contributed by atoms with E-state index < -0.39 is 0 Å². The fourth-order valence-corrected chi connectivity index (χ4v) is 4.75. The highest BCUT2D eigenvalue weighted by Crippen LogP contribution is 2.30. The molecule has 2 fully saturated rings. The average molecular weight is 391 g/mol. The SMILES string of the molecule is CC1(N)CCN(c2cnc3c(n2)CN=C3N2CCCC(c3ccccc3)C2)CC1. The van der Waals surface area contributed by atoms with Crippen molar-refractivity contribution in [2.45, 2.75) is 50.6 Å². The van der Waals surface area contributed by atoms with Crippen LogP contribution in [0.3, 0.4) is 0 Å². The zero-order valence-corrected chi connectivity index (χ0v) is 17.2. The van der Waals surface area contributed by atoms with Gasteiger partial charge < -0.3 is 15.5 Å². The number of piperidine rings is 2. The Bertz CT molecular complexity index is 897. The molecule has 3 aliphatic rings. The van der Waals surface area contributed by atoms with Gasteiger partial charge in [0.15, 0.2) is 5.84 Å². The lowest BCUT2D eigenvalue weighted by Gasteiger charge is -2.37. The molecule has 6 heteroatoms. The van der Waals surface area contributed by atoms with Crippen LogP contribution in [-0.4, -0.2) is 52.4 Å². The molecule has 3 aliphatic heterocycles. The minimum absolute atomic E-state index is 0.0551. The Morgan fingerprint density at radius 1 is 1.07 bits per heavy atom. The van der Waals surface area contributed by atoms with Gasteiger partial charge in [0.05, 0.1) is 18.4 Å². The molecule has 1 aromatic heterocycles. The van der Waals surface area contributed by atoms with Gasteiger partial charge in [-0.25, -0.2) is 9.97 Å². The third-order valence-corrected chi connectivity index (χ3v) is 6.64. The van der Waals surface area contributed by atoms with Crippen LogP contribution in [0, 0.1) is 0 Å². The van der Waals surface area contributed by atoms with Gasteiger partial charge in [-0.15, -0.1) is 0 Å². The van der Waals surface area contributed by atoms with Crippen molar-refractivity contribution in [1.82, 2.24) is 14.9 Å². The predicted molar refractivity (Wildman–Crippen MR) is 116 cm³/mol. The number of aliphatic imine (C=N–C) groups is 1. The van der Waals surface area contributed by atoms with Crippen LogP contribution in [0.25, 0.3) is 0 Å². The van der Waals surface area contributed by atoms with Crippen LogP contribution < -0.4 is 10.6 Å². The average Bonchev–Trinajstić information content (AvgIpc) is 3.18. The molecule has 2 N–H and O–H groups in total. The molecule has 5 rings (SSSR count). The van der Waals surface area contributed by atoms with Crippen LogP contribution in [0.15, 0.2) is 41.5 Å². The number of hydrogen-bond donors (Lipinski definition) is 1. The molecule has 6 nitrogen and oxygen atoms in total. The van der Waals surface area contributed by atoms with Gasteiger partial charge in [0, 0.05) is 37.6 Å². The highest BCUT2D eigenvalue weighted by molar-refractivity contribution is 6.00. The molecule has 2 saturated heterocycles. The summed E-state index contributed by atoms with van der Waals surface area (Å²) in [6.07, 6.45) is 6.33. The van der Waals surface area contributed by atoms with Crippen molar-refractivity contribution in [3.63, 3.8) is 0 Å². The Hall–Kier alpha value is -2.47. The van der Waals surface area contributed by atoms with Crippen LogP contribution in [0.5, 0.6) is 0 Å². The number of aromatic nitrogens is 2. The molecule has 1 aromatic carbocycles. The summed E-state index contributed by atoms with van der Waals surface area (Å²) in [4.78, 5) is 19.3. The molecule has 2 aromatic rings. The quantitative estimate of drug-likeness (QED) is 0.854. The van der Waals surface area contributed by atoms with Crippen LogP contribution in [0.4, 0.5) is 5.82 Å². The van der Waals surface area contributed by atoms with Crippen LogP contribution >= 0.6 is 0 Å². The van der Waals surface area contributed by atoms with Crippen molar-refractivity contribution in [2.24, 2.45) is 10.7 Å². The maximum absolute atomic E-state index is 6.28. The van der Waals surface area contributed by atoms with Gasteiger partial charge in [0.25, 0.3) is 0 Å². The van der Waals surface area contributed by atoms with Crippen molar-refractivity contribution in [3.8, 4) is 0 Å². The van der Waals surface area contributed by atoms with Crippen molar-refractivity contribution >= 4 is 11.7 Å². The van der Waals surface area contributed by atoms with Crippen LogP contribution in [0.1, 0.15) is 55.5 Å². The first-order valence-electron chi connectivity index (χ1n) is 10.8. The summed E-state index contributed by atoms with van der Waals surface area (Å²) in [7, 11) is 0. The second kappa shape index (κ2) is 7.41. The third-order valence-electron chi connectivity index (χ3n) is 6.64. The third kappa shape index (κ3) is 3.73. The number of likely N-dealkylation sites (tertiary alicyclic amines) is 1. The molecule has 4 heterocycles. The highest BCUT2D eigenvalue weighted by atomic mass is 15.2. The normalized spacial score (nSPS) is 23.7. The zero-order valence-electron chi connectivity index (χ0n) is 17.2. The lowest BCUT2D eigenvalue weighted by atomic mass is 9.90. The molecule has 0 aliphatic carbocycles. The second-order valence-corrected chi connectivity index (χ2v) is 9.00. The van der Waals surface area contributed by atoms with E-state index in [-0.39, 0.29) is 5.54 Å². The molecule has 0 saturated carbocycles. The second-order valence-electron chi connectivity index (χ2n) is 9.00. The molecule has 1 unspecified atom stereocenters. The molecule has 1 atom stereocenters. The minimum Gasteiger partial charge on any atom is -0.355 e. The van der Waals surface area contributed by atoms with Gasteiger partial charge in [-0.05, 0) is 38.2 Å². The molecular formula is C23H30N6. The number of rotatable bonds is 2. The van der Waals surface area contributed by atoms with Gasteiger partial charge in [0.1, 0.15) is 11.5 Å². The first-order valence-corrected chi connectivity index (χ1v) is 10.8. The lowest BCUT2D eigenvalue weighted by Crippen LogP contribution is -2.48. The van der Waals surface area contributed by atoms with Gasteiger partial charge >= 0.3 is 0 Å². The predicted octanol–water partition coefficient (Wildman–Crippen LogP) is 2.93. The topological polar surface area (TPSA) is 70.6 Å². The summed E-state index contributed by atoms with van der Waals surface area (Å²) < 4.78 is 0. The number of nitrogens with two attached hydrogens (primary N) is 1. The molecule has 0 amide bonds. The Kier molecular flexibility index (Phi) is 4.74. The monoisotopic (exact) mass is 390 g/mol. The Morgan fingerprint density at radius 3 is 2.66 bits per heavy atom. The number of benzene rings is 1. The van der Waals surface area contributed by atoms with E-state index in [1.165, 1.54) is 18.4 Å². The molecular weight excluding hydrogens is 360 g/mol. The fraction of sp³-hybridized carbons (Fsp3) is 0.522.